The number of benzene rings is 22. The average molecular weight is 1720 g/mol. The topological polar surface area (TPSA) is 32.8 Å². The van der Waals surface area contributed by atoms with E-state index in [9.17, 15) is 0 Å². The summed E-state index contributed by atoms with van der Waals surface area (Å²) in [6, 6.07) is 186. The Morgan fingerprint density at radius 1 is 0.119 bits per heavy atom. The van der Waals surface area contributed by atoms with Gasteiger partial charge in [-0.25, -0.2) is 0 Å². The third kappa shape index (κ3) is 13.1. The van der Waals surface area contributed by atoms with Crippen molar-refractivity contribution in [3.63, 3.8) is 0 Å². The molecule has 0 fully saturated rings. The maximum absolute atomic E-state index is 2.46. The molecule has 28 aromatic rings. The monoisotopic (exact) mass is 1720 g/mol. The highest BCUT2D eigenvalue weighted by Crippen LogP contribution is 2.49. The molecule has 7 nitrogen and oxygen atoms in total. The number of fused-ring (bicyclic) bond motifs is 23. The lowest BCUT2D eigenvalue weighted by Crippen LogP contribution is -2.09. The average Bonchev–Trinajstić information content (AvgIpc) is 1.55. The molecule has 7 heteroatoms. The van der Waals surface area contributed by atoms with Gasteiger partial charge in [0.15, 0.2) is 0 Å². The number of rotatable bonds is 12. The first-order chi connectivity index (χ1) is 67.0. The van der Waals surface area contributed by atoms with Crippen molar-refractivity contribution in [3.8, 4) is 67.5 Å². The number of para-hydroxylation sites is 9. The van der Waals surface area contributed by atoms with Crippen molar-refractivity contribution in [3.05, 3.63) is 516 Å². The smallest absolute Gasteiger partial charge is 0.0548 e. The van der Waals surface area contributed by atoms with E-state index >= 15 is 0 Å². The molecule has 22 aromatic carbocycles. The first kappa shape index (κ1) is 78.0. The molecule has 0 unspecified atom stereocenters. The maximum Gasteiger partial charge on any atom is 0.0548 e. The molecule has 0 atom stereocenters. The van der Waals surface area contributed by atoms with E-state index < -0.39 is 0 Å². The third-order valence-corrected chi connectivity index (χ3v) is 27.4. The fraction of sp³-hybridized carbons (Fsp3) is 0. The number of hydrogen-bond donors (Lipinski definition) is 0. The van der Waals surface area contributed by atoms with E-state index in [1.807, 2.05) is 0 Å². The zero-order chi connectivity index (χ0) is 89.0. The van der Waals surface area contributed by atoms with Crippen LogP contribution in [0.25, 0.3) is 220 Å². The van der Waals surface area contributed by atoms with Gasteiger partial charge >= 0.3 is 0 Å². The molecule has 0 aliphatic rings. The molecule has 0 amide bonds. The first-order valence-corrected chi connectivity index (χ1v) is 46.4. The Bertz CT molecular complexity index is 9360. The van der Waals surface area contributed by atoms with Crippen LogP contribution in [0, 0.1) is 0 Å². The summed E-state index contributed by atoms with van der Waals surface area (Å²) in [6.45, 7) is 0. The second kappa shape index (κ2) is 32.6. The lowest BCUT2D eigenvalue weighted by atomic mass is 9.98. The van der Waals surface area contributed by atoms with Gasteiger partial charge in [-0.05, 0) is 243 Å². The van der Waals surface area contributed by atoms with E-state index in [-0.39, 0.29) is 0 Å². The van der Waals surface area contributed by atoms with Crippen LogP contribution in [-0.4, -0.2) is 27.4 Å². The highest BCUT2D eigenvalue weighted by Gasteiger charge is 2.27. The number of aromatic nitrogens is 6. The Hall–Kier alpha value is -18.0. The summed E-state index contributed by atoms with van der Waals surface area (Å²) >= 11 is 0. The molecule has 0 bridgehead atoms. The van der Waals surface area contributed by atoms with Crippen molar-refractivity contribution in [1.82, 2.24) is 27.4 Å². The van der Waals surface area contributed by atoms with Gasteiger partial charge in [-0.3, -0.25) is 0 Å². The van der Waals surface area contributed by atoms with Crippen LogP contribution >= 0.6 is 0 Å². The SMILES string of the molecule is c1ccc(-c2cc(-c3ccccc3)cc(-n3c4ccccc4c4c5c6ccccc6n(-c6ccc7ccccc7c6)c5ccc43)c2)cc1.c1ccc(-c2ccc(-n3c4ccccc4c4c5c6ccccc6n(-c6ccc7ccccc7c6)c5ccc43)cc2)cc1.c1ccc(N(c2ccccc2)c2ccc(-n3c4ccccc4c4c5c6ccccc6n(-c6ccccc6)c5ccc43)cc2)cc1. The summed E-state index contributed by atoms with van der Waals surface area (Å²) in [5.41, 5.74) is 32.2. The second-order valence-electron chi connectivity index (χ2n) is 35.0. The quantitative estimate of drug-likeness (QED) is 0.120. The Kier molecular flexibility index (Phi) is 18.8. The molecule has 135 heavy (non-hydrogen) atoms. The van der Waals surface area contributed by atoms with Crippen LogP contribution in [0.4, 0.5) is 17.1 Å². The minimum absolute atomic E-state index is 1.12. The standard InChI is InChI=1S/C46H30N2.C42H29N3.C40H26N2/c1-3-13-31(14-4-1)35-27-36(32-15-5-2-6-16-32)30-38(29-35)48-42-22-12-10-20-40(42)46-44(48)26-25-43-45(46)39-19-9-11-21-41(39)47(43)37-24-23-33-17-7-8-18-34(33)28-37;1-4-14-30(15-5-1)43(31-16-6-2-7-17-31)33-24-26-34(27-25-33)45-38-23-13-11-21-36(38)42-40(45)29-28-39-41(42)35-20-10-12-22-37(35)44(39)32-18-8-3-9-19-32;1-2-10-27(11-3-1)29-18-21-31(22-19-29)41-35-16-8-6-14-33(35)39-37(41)24-25-38-40(39)34-15-7-9-17-36(34)42(38)32-23-20-28-12-4-5-13-30(28)26-32/h1-30H;1-29H;1-26H. The second-order valence-corrected chi connectivity index (χ2v) is 35.0. The molecule has 0 radical (unpaired) electrons. The van der Waals surface area contributed by atoms with Gasteiger partial charge in [-0.2, -0.15) is 0 Å². The Morgan fingerprint density at radius 3 is 0.667 bits per heavy atom. The fourth-order valence-electron chi connectivity index (χ4n) is 21.6. The van der Waals surface area contributed by atoms with Gasteiger partial charge in [-0.15, -0.1) is 0 Å². The molecular formula is C128H85N7. The van der Waals surface area contributed by atoms with E-state index in [1.54, 1.807) is 0 Å². The highest BCUT2D eigenvalue weighted by molar-refractivity contribution is 6.32. The van der Waals surface area contributed by atoms with Crippen molar-refractivity contribution in [2.24, 2.45) is 0 Å². The lowest BCUT2D eigenvalue weighted by Gasteiger charge is -2.25. The molecule has 0 aliphatic carbocycles. The van der Waals surface area contributed by atoms with Gasteiger partial charge in [0.05, 0.1) is 66.2 Å². The largest absolute Gasteiger partial charge is 0.311 e. The molecule has 0 saturated carbocycles. The number of hydrogen-bond acceptors (Lipinski definition) is 1. The molecule has 632 valence electrons. The number of nitrogens with zero attached hydrogens (tertiary/aromatic N) is 7. The van der Waals surface area contributed by atoms with Gasteiger partial charge in [0.2, 0.25) is 0 Å². The molecule has 0 spiro atoms. The minimum atomic E-state index is 1.12. The lowest BCUT2D eigenvalue weighted by molar-refractivity contribution is 1.17. The van der Waals surface area contributed by atoms with Crippen molar-refractivity contribution in [2.75, 3.05) is 4.90 Å². The summed E-state index contributed by atoms with van der Waals surface area (Å²) in [5.74, 6) is 0. The Balaban J connectivity index is 0.000000106. The molecule has 28 rings (SSSR count). The van der Waals surface area contributed by atoms with Crippen molar-refractivity contribution in [1.29, 1.82) is 0 Å². The van der Waals surface area contributed by atoms with Crippen LogP contribution in [0.3, 0.4) is 0 Å². The Labute approximate surface area is 779 Å². The van der Waals surface area contributed by atoms with E-state index in [4.69, 9.17) is 0 Å². The van der Waals surface area contributed by atoms with Crippen molar-refractivity contribution < 1.29 is 0 Å². The number of anilines is 3. The predicted molar refractivity (Wildman–Crippen MR) is 571 cm³/mol. The normalized spacial score (nSPS) is 11.7. The molecule has 0 aliphatic heterocycles. The summed E-state index contributed by atoms with van der Waals surface area (Å²) in [7, 11) is 0. The van der Waals surface area contributed by atoms with Gasteiger partial charge in [0, 0.05) is 116 Å². The summed E-state index contributed by atoms with van der Waals surface area (Å²) < 4.78 is 14.6. The highest BCUT2D eigenvalue weighted by atomic mass is 15.1. The van der Waals surface area contributed by atoms with Crippen LogP contribution in [0.15, 0.2) is 516 Å². The summed E-state index contributed by atoms with van der Waals surface area (Å²) in [4.78, 5) is 2.30. The van der Waals surface area contributed by atoms with Crippen LogP contribution in [0.5, 0.6) is 0 Å². The molecule has 6 heterocycles. The van der Waals surface area contributed by atoms with Crippen LogP contribution in [0.2, 0.25) is 0 Å². The van der Waals surface area contributed by atoms with Gasteiger partial charge < -0.3 is 32.3 Å². The molecule has 0 saturated heterocycles. The maximum atomic E-state index is 2.46. The van der Waals surface area contributed by atoms with Crippen LogP contribution < -0.4 is 4.90 Å². The summed E-state index contributed by atoms with van der Waals surface area (Å²) in [5, 5.41) is 20.3. The minimum Gasteiger partial charge on any atom is -0.311 e. The van der Waals surface area contributed by atoms with E-state index in [0.29, 0.717) is 0 Å². The zero-order valence-corrected chi connectivity index (χ0v) is 73.7. The van der Waals surface area contributed by atoms with Gasteiger partial charge in [0.1, 0.15) is 0 Å². The molecular weight excluding hydrogens is 1640 g/mol. The van der Waals surface area contributed by atoms with E-state index in [2.05, 4.69) is 548 Å². The van der Waals surface area contributed by atoms with Crippen LogP contribution in [-0.2, 0) is 0 Å². The first-order valence-electron chi connectivity index (χ1n) is 46.4. The van der Waals surface area contributed by atoms with E-state index in [1.165, 1.54) is 209 Å². The Morgan fingerprint density at radius 2 is 0.341 bits per heavy atom. The van der Waals surface area contributed by atoms with Crippen molar-refractivity contribution in [2.45, 2.75) is 0 Å². The van der Waals surface area contributed by atoms with Gasteiger partial charge in [-0.1, -0.05) is 328 Å². The van der Waals surface area contributed by atoms with Gasteiger partial charge in [0.25, 0.3) is 0 Å². The van der Waals surface area contributed by atoms with Crippen molar-refractivity contribution >= 4 is 169 Å². The molecule has 0 N–H and O–H groups in total. The molecule has 6 aromatic heterocycles. The predicted octanol–water partition coefficient (Wildman–Crippen LogP) is 34.4. The third-order valence-electron chi connectivity index (χ3n) is 27.4. The zero-order valence-electron chi connectivity index (χ0n) is 73.7. The van der Waals surface area contributed by atoms with Crippen LogP contribution in [0.1, 0.15) is 0 Å². The summed E-state index contributed by atoms with van der Waals surface area (Å²) in [6.07, 6.45) is 0. The fourth-order valence-corrected chi connectivity index (χ4v) is 21.6. The van der Waals surface area contributed by atoms with E-state index in [0.717, 1.165) is 28.4 Å².